The monoisotopic (exact) mass is 289 g/mol. The number of hydrogen-bond acceptors (Lipinski definition) is 4. The first kappa shape index (κ1) is 16.8. The van der Waals surface area contributed by atoms with Gasteiger partial charge >= 0.3 is 6.09 Å². The molecule has 1 aromatic rings. The van der Waals surface area contributed by atoms with Crippen LogP contribution in [0.3, 0.4) is 0 Å². The molecule has 1 aromatic carbocycles. The molecule has 114 valence electrons. The lowest BCUT2D eigenvalue weighted by atomic mass is 10.1. The molecule has 2 N–H and O–H groups in total. The number of anilines is 1. The zero-order valence-corrected chi connectivity index (χ0v) is 13.1. The van der Waals surface area contributed by atoms with Crippen molar-refractivity contribution in [1.82, 2.24) is 5.32 Å². The number of benzene rings is 1. The Morgan fingerprint density at radius 3 is 2.62 bits per heavy atom. The van der Waals surface area contributed by atoms with Gasteiger partial charge in [0.25, 0.3) is 0 Å². The molecule has 0 bridgehead atoms. The van der Waals surface area contributed by atoms with Crippen LogP contribution < -0.4 is 10.6 Å². The summed E-state index contributed by atoms with van der Waals surface area (Å²) in [5, 5.41) is 15.0. The number of amides is 1. The van der Waals surface area contributed by atoms with Crippen LogP contribution in [0.2, 0.25) is 0 Å². The minimum atomic E-state index is -0.516. The molecule has 0 fully saturated rings. The zero-order valence-electron chi connectivity index (χ0n) is 13.1. The average Bonchev–Trinajstić information content (AvgIpc) is 2.37. The van der Waals surface area contributed by atoms with Gasteiger partial charge in [0, 0.05) is 12.2 Å². The van der Waals surface area contributed by atoms with E-state index >= 15 is 0 Å². The average molecular weight is 289 g/mol. The fraction of sp³-hybridized carbons (Fsp3) is 0.500. The third-order valence-electron chi connectivity index (χ3n) is 2.73. The highest BCUT2D eigenvalue weighted by Gasteiger charge is 2.16. The molecule has 1 rings (SSSR count). The Morgan fingerprint density at radius 2 is 2.05 bits per heavy atom. The summed E-state index contributed by atoms with van der Waals surface area (Å²) in [6.45, 7) is 7.79. The van der Waals surface area contributed by atoms with Gasteiger partial charge in [-0.3, -0.25) is 0 Å². The van der Waals surface area contributed by atoms with Crippen molar-refractivity contribution in [1.29, 1.82) is 5.26 Å². The molecule has 0 radical (unpaired) electrons. The maximum atomic E-state index is 11.5. The number of carbonyl (C=O) groups excluding carboxylic acids is 1. The number of nitrogens with one attached hydrogen (secondary N) is 2. The molecular formula is C16H23N3O2. The van der Waals surface area contributed by atoms with Gasteiger partial charge in [0.15, 0.2) is 0 Å². The first-order valence-corrected chi connectivity index (χ1v) is 7.00. The number of carbonyl (C=O) groups is 1. The van der Waals surface area contributed by atoms with E-state index < -0.39 is 11.7 Å². The third-order valence-corrected chi connectivity index (χ3v) is 2.73. The van der Waals surface area contributed by atoms with Gasteiger partial charge in [-0.05, 0) is 45.7 Å². The van der Waals surface area contributed by atoms with Crippen molar-refractivity contribution in [2.45, 2.75) is 45.8 Å². The lowest BCUT2D eigenvalue weighted by Crippen LogP contribution is -2.34. The highest BCUT2D eigenvalue weighted by molar-refractivity contribution is 5.67. The van der Waals surface area contributed by atoms with Gasteiger partial charge < -0.3 is 15.4 Å². The molecule has 21 heavy (non-hydrogen) atoms. The normalized spacial score (nSPS) is 12.1. The van der Waals surface area contributed by atoms with Gasteiger partial charge in [0.05, 0.1) is 6.07 Å². The molecule has 0 saturated carbocycles. The van der Waals surface area contributed by atoms with Crippen LogP contribution in [0.4, 0.5) is 10.5 Å². The molecular weight excluding hydrogens is 266 g/mol. The molecule has 0 saturated heterocycles. The fourth-order valence-corrected chi connectivity index (χ4v) is 1.72. The third kappa shape index (κ3) is 6.66. The minimum Gasteiger partial charge on any atom is -0.444 e. The molecule has 1 unspecified atom stereocenters. The first-order chi connectivity index (χ1) is 9.81. The summed E-state index contributed by atoms with van der Waals surface area (Å²) < 4.78 is 5.14. The summed E-state index contributed by atoms with van der Waals surface area (Å²) in [4.78, 5) is 11.5. The maximum Gasteiger partial charge on any atom is 0.407 e. The SMILES string of the molecule is Cc1ccccc1NC(C#N)CCNC(=O)OC(C)(C)C. The van der Waals surface area contributed by atoms with Gasteiger partial charge in [-0.25, -0.2) is 4.79 Å². The Bertz CT molecular complexity index is 515. The number of nitrogens with zero attached hydrogens (tertiary/aromatic N) is 1. The summed E-state index contributed by atoms with van der Waals surface area (Å²) in [5.41, 5.74) is 1.50. The van der Waals surface area contributed by atoms with Gasteiger partial charge in [0.1, 0.15) is 11.6 Å². The lowest BCUT2D eigenvalue weighted by molar-refractivity contribution is 0.0527. The van der Waals surface area contributed by atoms with E-state index in [4.69, 9.17) is 4.74 Å². The highest BCUT2D eigenvalue weighted by Crippen LogP contribution is 2.15. The molecule has 0 aliphatic rings. The van der Waals surface area contributed by atoms with E-state index in [0.29, 0.717) is 13.0 Å². The smallest absolute Gasteiger partial charge is 0.407 e. The van der Waals surface area contributed by atoms with Crippen LogP contribution in [0.15, 0.2) is 24.3 Å². The maximum absolute atomic E-state index is 11.5. The quantitative estimate of drug-likeness (QED) is 0.873. The van der Waals surface area contributed by atoms with Crippen molar-refractivity contribution in [2.24, 2.45) is 0 Å². The molecule has 0 aliphatic heterocycles. The van der Waals surface area contributed by atoms with Crippen LogP contribution >= 0.6 is 0 Å². The summed E-state index contributed by atoms with van der Waals surface area (Å²) in [7, 11) is 0. The van der Waals surface area contributed by atoms with Gasteiger partial charge in [-0.2, -0.15) is 5.26 Å². The summed E-state index contributed by atoms with van der Waals surface area (Å²) in [6, 6.07) is 9.62. The number of alkyl carbamates (subject to hydrolysis) is 1. The van der Waals surface area contributed by atoms with E-state index in [2.05, 4.69) is 16.7 Å². The standard InChI is InChI=1S/C16H23N3O2/c1-12-7-5-6-8-14(12)19-13(11-17)9-10-18-15(20)21-16(2,3)4/h5-8,13,19H,9-10H2,1-4H3,(H,18,20). The summed E-state index contributed by atoms with van der Waals surface area (Å²) in [6.07, 6.45) is 0.0412. The second kappa shape index (κ2) is 7.53. The number of hydrogen-bond donors (Lipinski definition) is 2. The van der Waals surface area contributed by atoms with Gasteiger partial charge in [-0.15, -0.1) is 0 Å². The molecule has 0 aromatic heterocycles. The predicted molar refractivity (Wildman–Crippen MR) is 83.1 cm³/mol. The van der Waals surface area contributed by atoms with Crippen LogP contribution in [-0.4, -0.2) is 24.3 Å². The van der Waals surface area contributed by atoms with Crippen LogP contribution in [0.1, 0.15) is 32.8 Å². The van der Waals surface area contributed by atoms with Crippen LogP contribution in [0.25, 0.3) is 0 Å². The van der Waals surface area contributed by atoms with Crippen molar-refractivity contribution in [3.05, 3.63) is 29.8 Å². The molecule has 5 nitrogen and oxygen atoms in total. The van der Waals surface area contributed by atoms with E-state index in [0.717, 1.165) is 11.3 Å². The van der Waals surface area contributed by atoms with Crippen molar-refractivity contribution >= 4 is 11.8 Å². The molecule has 1 atom stereocenters. The van der Waals surface area contributed by atoms with Crippen LogP contribution in [0, 0.1) is 18.3 Å². The predicted octanol–water partition coefficient (Wildman–Crippen LogP) is 3.21. The van der Waals surface area contributed by atoms with Gasteiger partial charge in [0.2, 0.25) is 0 Å². The topological polar surface area (TPSA) is 74.2 Å². The fourth-order valence-electron chi connectivity index (χ4n) is 1.72. The van der Waals surface area contributed by atoms with E-state index in [1.807, 2.05) is 52.0 Å². The number of nitriles is 1. The Morgan fingerprint density at radius 1 is 1.38 bits per heavy atom. The van der Waals surface area contributed by atoms with E-state index in [1.165, 1.54) is 0 Å². The summed E-state index contributed by atoms with van der Waals surface area (Å²) in [5.74, 6) is 0. The Hall–Kier alpha value is -2.22. The van der Waals surface area contributed by atoms with Crippen molar-refractivity contribution in [3.8, 4) is 6.07 Å². The highest BCUT2D eigenvalue weighted by atomic mass is 16.6. The molecule has 0 aliphatic carbocycles. The minimum absolute atomic E-state index is 0.360. The molecule has 0 heterocycles. The van der Waals surface area contributed by atoms with Crippen molar-refractivity contribution in [2.75, 3.05) is 11.9 Å². The van der Waals surface area contributed by atoms with Crippen LogP contribution in [0.5, 0.6) is 0 Å². The summed E-state index contributed by atoms with van der Waals surface area (Å²) >= 11 is 0. The largest absolute Gasteiger partial charge is 0.444 e. The second-order valence-electron chi connectivity index (χ2n) is 5.86. The second-order valence-corrected chi connectivity index (χ2v) is 5.86. The van der Waals surface area contributed by atoms with Crippen LogP contribution in [-0.2, 0) is 4.74 Å². The lowest BCUT2D eigenvalue weighted by Gasteiger charge is -2.20. The Kier molecular flexibility index (Phi) is 6.04. The van der Waals surface area contributed by atoms with Crippen molar-refractivity contribution < 1.29 is 9.53 Å². The van der Waals surface area contributed by atoms with Gasteiger partial charge in [-0.1, -0.05) is 18.2 Å². The van der Waals surface area contributed by atoms with E-state index in [1.54, 1.807) is 0 Å². The Balaban J connectivity index is 2.41. The van der Waals surface area contributed by atoms with Crippen molar-refractivity contribution in [3.63, 3.8) is 0 Å². The number of aryl methyl sites for hydroxylation is 1. The van der Waals surface area contributed by atoms with E-state index in [-0.39, 0.29) is 6.04 Å². The molecule has 0 spiro atoms. The zero-order chi connectivity index (χ0) is 15.9. The number of rotatable bonds is 5. The van der Waals surface area contributed by atoms with E-state index in [9.17, 15) is 10.1 Å². The number of ether oxygens (including phenoxy) is 1. The molecule has 5 heteroatoms. The number of para-hydroxylation sites is 1. The Labute approximate surface area is 126 Å². The first-order valence-electron chi connectivity index (χ1n) is 7.00. The molecule has 1 amide bonds.